The summed E-state index contributed by atoms with van der Waals surface area (Å²) < 4.78 is 5.00. The van der Waals surface area contributed by atoms with Gasteiger partial charge < -0.3 is 14.5 Å². The zero-order valence-corrected chi connectivity index (χ0v) is 17.2. The van der Waals surface area contributed by atoms with Gasteiger partial charge in [-0.15, -0.1) is 0 Å². The summed E-state index contributed by atoms with van der Waals surface area (Å²) in [5.41, 5.74) is 0. The molecule has 3 unspecified atom stereocenters. The number of amides is 2. The van der Waals surface area contributed by atoms with E-state index in [2.05, 4.69) is 0 Å². The molecule has 2 rings (SSSR count). The minimum Gasteiger partial charge on any atom is -0.469 e. The van der Waals surface area contributed by atoms with Gasteiger partial charge in [0, 0.05) is 38.0 Å². The Morgan fingerprint density at radius 2 is 1.33 bits per heavy atom. The molecule has 27 heavy (non-hydrogen) atoms. The van der Waals surface area contributed by atoms with Crippen LogP contribution >= 0.6 is 0 Å². The number of ether oxygens (including phenoxy) is 1. The summed E-state index contributed by atoms with van der Waals surface area (Å²) in [6, 6.07) is 0. The van der Waals surface area contributed by atoms with Crippen LogP contribution < -0.4 is 0 Å². The maximum Gasteiger partial charge on any atom is 0.308 e. The number of carbonyl (C=O) groups is 3. The normalized spacial score (nSPS) is 20.9. The van der Waals surface area contributed by atoms with Gasteiger partial charge in [-0.05, 0) is 51.4 Å². The third-order valence-electron chi connectivity index (χ3n) is 6.09. The second kappa shape index (κ2) is 10.7. The Hall–Kier alpha value is -1.59. The van der Waals surface area contributed by atoms with Gasteiger partial charge in [0.05, 0.1) is 13.0 Å². The Labute approximate surface area is 163 Å². The van der Waals surface area contributed by atoms with Crippen molar-refractivity contribution in [2.75, 3.05) is 33.3 Å². The van der Waals surface area contributed by atoms with Crippen molar-refractivity contribution in [2.24, 2.45) is 17.8 Å². The zero-order chi connectivity index (χ0) is 19.8. The van der Waals surface area contributed by atoms with E-state index < -0.39 is 5.92 Å². The van der Waals surface area contributed by atoms with Crippen LogP contribution in [0.3, 0.4) is 0 Å². The van der Waals surface area contributed by atoms with Crippen molar-refractivity contribution in [2.45, 2.75) is 65.2 Å². The fourth-order valence-corrected chi connectivity index (χ4v) is 4.39. The lowest BCUT2D eigenvalue weighted by atomic mass is 9.85. The van der Waals surface area contributed by atoms with Crippen LogP contribution in [0.5, 0.6) is 0 Å². The van der Waals surface area contributed by atoms with E-state index in [1.54, 1.807) is 0 Å². The van der Waals surface area contributed by atoms with Crippen LogP contribution in [0.1, 0.15) is 65.2 Å². The highest BCUT2D eigenvalue weighted by Gasteiger charge is 2.33. The molecule has 2 fully saturated rings. The van der Waals surface area contributed by atoms with Gasteiger partial charge in [0.25, 0.3) is 0 Å². The van der Waals surface area contributed by atoms with Crippen molar-refractivity contribution in [3.63, 3.8) is 0 Å². The first kappa shape index (κ1) is 21.7. The summed E-state index contributed by atoms with van der Waals surface area (Å²) in [5.74, 6) is -0.839. The molecule has 0 bridgehead atoms. The lowest BCUT2D eigenvalue weighted by Crippen LogP contribution is -2.40. The number of piperidine rings is 1. The first-order valence-electron chi connectivity index (χ1n) is 10.6. The first-order valence-corrected chi connectivity index (χ1v) is 10.6. The second-order valence-electron chi connectivity index (χ2n) is 8.12. The zero-order valence-electron chi connectivity index (χ0n) is 17.2. The third-order valence-corrected chi connectivity index (χ3v) is 6.09. The van der Waals surface area contributed by atoms with Crippen molar-refractivity contribution in [3.05, 3.63) is 0 Å². The van der Waals surface area contributed by atoms with Gasteiger partial charge in [-0.2, -0.15) is 0 Å². The van der Waals surface area contributed by atoms with E-state index in [9.17, 15) is 14.4 Å². The minimum absolute atomic E-state index is 0.127. The van der Waals surface area contributed by atoms with Crippen LogP contribution in [-0.2, 0) is 19.1 Å². The summed E-state index contributed by atoms with van der Waals surface area (Å²) in [5, 5.41) is 0. The Kier molecular flexibility index (Phi) is 8.58. The minimum atomic E-state index is -0.407. The largest absolute Gasteiger partial charge is 0.469 e. The van der Waals surface area contributed by atoms with Gasteiger partial charge in [0.15, 0.2) is 0 Å². The lowest BCUT2D eigenvalue weighted by molar-refractivity contribution is -0.148. The van der Waals surface area contributed by atoms with E-state index in [1.807, 2.05) is 23.6 Å². The lowest BCUT2D eigenvalue weighted by Gasteiger charge is -2.31. The SMILES string of the molecule is CCC(CC(CC(C)C(=O)N1CCCCC1)C(=O)OC)C(=O)N1CCCC1. The summed E-state index contributed by atoms with van der Waals surface area (Å²) in [6.45, 7) is 7.17. The molecule has 2 aliphatic heterocycles. The van der Waals surface area contributed by atoms with Gasteiger partial charge in [-0.25, -0.2) is 0 Å². The molecule has 6 heteroatoms. The molecular weight excluding hydrogens is 344 g/mol. The number of carbonyl (C=O) groups excluding carboxylic acids is 3. The van der Waals surface area contributed by atoms with E-state index in [-0.39, 0.29) is 29.6 Å². The fourth-order valence-electron chi connectivity index (χ4n) is 4.39. The molecule has 0 spiro atoms. The molecule has 2 amide bonds. The smallest absolute Gasteiger partial charge is 0.308 e. The Morgan fingerprint density at radius 1 is 0.815 bits per heavy atom. The Morgan fingerprint density at radius 3 is 1.85 bits per heavy atom. The van der Waals surface area contributed by atoms with Crippen LogP contribution in [0, 0.1) is 17.8 Å². The maximum atomic E-state index is 12.8. The van der Waals surface area contributed by atoms with Crippen molar-refractivity contribution >= 4 is 17.8 Å². The molecule has 154 valence electrons. The van der Waals surface area contributed by atoms with E-state index in [0.29, 0.717) is 19.3 Å². The number of nitrogens with zero attached hydrogens (tertiary/aromatic N) is 2. The number of rotatable bonds is 8. The first-order chi connectivity index (χ1) is 13.0. The molecule has 0 saturated carbocycles. The highest BCUT2D eigenvalue weighted by molar-refractivity contribution is 5.82. The molecule has 2 heterocycles. The standard InChI is InChI=1S/C21H36N2O4/c1-4-17(20(25)23-12-8-9-13-23)15-18(21(26)27-3)14-16(2)19(24)22-10-6-5-7-11-22/h16-18H,4-15H2,1-3H3. The molecule has 0 aromatic rings. The summed E-state index contributed by atoms with van der Waals surface area (Å²) in [7, 11) is 1.38. The van der Waals surface area contributed by atoms with Crippen LogP contribution in [0.4, 0.5) is 0 Å². The van der Waals surface area contributed by atoms with Gasteiger partial charge in [0.2, 0.25) is 11.8 Å². The number of hydrogen-bond acceptors (Lipinski definition) is 4. The van der Waals surface area contributed by atoms with Crippen LogP contribution in [0.25, 0.3) is 0 Å². The molecule has 3 atom stereocenters. The number of likely N-dealkylation sites (tertiary alicyclic amines) is 2. The highest BCUT2D eigenvalue weighted by Crippen LogP contribution is 2.27. The van der Waals surface area contributed by atoms with Gasteiger partial charge >= 0.3 is 5.97 Å². The number of esters is 1. The maximum absolute atomic E-state index is 12.8. The van der Waals surface area contributed by atoms with Crippen LogP contribution in [-0.4, -0.2) is 60.9 Å². The predicted octanol–water partition coefficient (Wildman–Crippen LogP) is 2.85. The van der Waals surface area contributed by atoms with E-state index >= 15 is 0 Å². The summed E-state index contributed by atoms with van der Waals surface area (Å²) in [4.78, 5) is 41.7. The number of hydrogen-bond donors (Lipinski definition) is 0. The highest BCUT2D eigenvalue weighted by atomic mass is 16.5. The van der Waals surface area contributed by atoms with Crippen molar-refractivity contribution < 1.29 is 19.1 Å². The second-order valence-corrected chi connectivity index (χ2v) is 8.12. The average molecular weight is 381 g/mol. The van der Waals surface area contributed by atoms with Crippen molar-refractivity contribution in [1.82, 2.24) is 9.80 Å². The third kappa shape index (κ3) is 5.94. The predicted molar refractivity (Wildman–Crippen MR) is 104 cm³/mol. The van der Waals surface area contributed by atoms with E-state index in [0.717, 1.165) is 51.9 Å². The molecule has 2 saturated heterocycles. The Balaban J connectivity index is 1.99. The van der Waals surface area contributed by atoms with Crippen molar-refractivity contribution in [1.29, 1.82) is 0 Å². The summed E-state index contributed by atoms with van der Waals surface area (Å²) in [6.07, 6.45) is 7.04. The van der Waals surface area contributed by atoms with Crippen LogP contribution in [0.15, 0.2) is 0 Å². The van der Waals surface area contributed by atoms with Crippen molar-refractivity contribution in [3.8, 4) is 0 Å². The molecule has 0 aromatic carbocycles. The van der Waals surface area contributed by atoms with Gasteiger partial charge in [0.1, 0.15) is 0 Å². The van der Waals surface area contributed by atoms with Gasteiger partial charge in [-0.1, -0.05) is 13.8 Å². The topological polar surface area (TPSA) is 66.9 Å². The molecular formula is C21H36N2O4. The molecule has 0 radical (unpaired) electrons. The molecule has 0 aliphatic carbocycles. The monoisotopic (exact) mass is 380 g/mol. The van der Waals surface area contributed by atoms with Crippen LogP contribution in [0.2, 0.25) is 0 Å². The Bertz CT molecular complexity index is 510. The van der Waals surface area contributed by atoms with Gasteiger partial charge in [-0.3, -0.25) is 14.4 Å². The molecule has 2 aliphatic rings. The molecule has 6 nitrogen and oxygen atoms in total. The molecule has 0 aromatic heterocycles. The van der Waals surface area contributed by atoms with E-state index in [1.165, 1.54) is 13.5 Å². The fraction of sp³-hybridized carbons (Fsp3) is 0.857. The summed E-state index contributed by atoms with van der Waals surface area (Å²) >= 11 is 0. The average Bonchev–Trinajstić information content (AvgIpc) is 3.24. The quantitative estimate of drug-likeness (QED) is 0.607. The number of methoxy groups -OCH3 is 1. The molecule has 0 N–H and O–H groups in total. The van der Waals surface area contributed by atoms with E-state index in [4.69, 9.17) is 4.74 Å².